The van der Waals surface area contributed by atoms with Crippen LogP contribution >= 0.6 is 0 Å². The zero-order valence-corrected chi connectivity index (χ0v) is 18.3. The van der Waals surface area contributed by atoms with Crippen LogP contribution in [0.25, 0.3) is 0 Å². The molecule has 0 bridgehead atoms. The molecule has 2 fully saturated rings. The van der Waals surface area contributed by atoms with Gasteiger partial charge < -0.3 is 4.90 Å². The summed E-state index contributed by atoms with van der Waals surface area (Å²) in [7, 11) is -3.62. The molecular weight excluding hydrogens is 398 g/mol. The highest BCUT2D eigenvalue weighted by Crippen LogP contribution is 2.23. The molecule has 2 heterocycles. The number of aryl methyl sites for hydroxylation is 1. The van der Waals surface area contributed by atoms with Crippen molar-refractivity contribution >= 4 is 15.9 Å². The molecule has 2 aliphatic heterocycles. The molecule has 0 saturated carbocycles. The summed E-state index contributed by atoms with van der Waals surface area (Å²) in [6, 6.07) is 15.2. The normalized spacial score (nSPS) is 18.6. The van der Waals surface area contributed by atoms with Crippen LogP contribution in [0.5, 0.6) is 0 Å². The van der Waals surface area contributed by atoms with Crippen LogP contribution in [0.2, 0.25) is 0 Å². The first-order valence-electron chi connectivity index (χ1n) is 10.6. The lowest BCUT2D eigenvalue weighted by atomic mass is 10.1. The molecule has 30 heavy (non-hydrogen) atoms. The molecule has 0 unspecified atom stereocenters. The summed E-state index contributed by atoms with van der Waals surface area (Å²) in [6.45, 7) is 6.49. The molecule has 160 valence electrons. The van der Waals surface area contributed by atoms with Gasteiger partial charge in [0.05, 0.1) is 4.90 Å². The zero-order chi connectivity index (χ0) is 21.1. The second-order valence-corrected chi connectivity index (χ2v) is 10.1. The molecular formula is C23H29N3O3S. The van der Waals surface area contributed by atoms with E-state index in [-0.39, 0.29) is 10.8 Å². The lowest BCUT2D eigenvalue weighted by Gasteiger charge is -2.34. The van der Waals surface area contributed by atoms with E-state index in [4.69, 9.17) is 0 Å². The number of carbonyl (C=O) groups excluding carboxylic acids is 1. The molecule has 0 radical (unpaired) electrons. The first kappa shape index (κ1) is 21.0. The third kappa shape index (κ3) is 4.43. The van der Waals surface area contributed by atoms with E-state index in [9.17, 15) is 13.2 Å². The van der Waals surface area contributed by atoms with Gasteiger partial charge in [-0.1, -0.05) is 36.4 Å². The van der Waals surface area contributed by atoms with E-state index in [1.807, 2.05) is 30.0 Å². The molecule has 0 aliphatic carbocycles. The van der Waals surface area contributed by atoms with Crippen molar-refractivity contribution in [1.82, 2.24) is 14.1 Å². The minimum absolute atomic E-state index is 0.0604. The number of likely N-dealkylation sites (tertiary alicyclic amines) is 1. The summed E-state index contributed by atoms with van der Waals surface area (Å²) < 4.78 is 28.0. The molecule has 7 heteroatoms. The number of sulfonamides is 1. The maximum Gasteiger partial charge on any atom is 0.254 e. The SMILES string of the molecule is Cc1ccc(S(=O)(=O)N2CCN(Cc3ccccc3)CC2)cc1C(=O)N1CCCC1. The molecule has 2 aliphatic rings. The van der Waals surface area contributed by atoms with Gasteiger partial charge in [0.1, 0.15) is 0 Å². The Hall–Kier alpha value is -2.22. The summed E-state index contributed by atoms with van der Waals surface area (Å²) in [4.78, 5) is 17.2. The molecule has 6 nitrogen and oxygen atoms in total. The smallest absolute Gasteiger partial charge is 0.254 e. The predicted molar refractivity (Wildman–Crippen MR) is 117 cm³/mol. The molecule has 2 aromatic carbocycles. The zero-order valence-electron chi connectivity index (χ0n) is 17.5. The number of hydrogen-bond donors (Lipinski definition) is 0. The number of benzene rings is 2. The molecule has 4 rings (SSSR count). The number of amides is 1. The van der Waals surface area contributed by atoms with Crippen molar-refractivity contribution in [2.45, 2.75) is 31.2 Å². The van der Waals surface area contributed by atoms with E-state index < -0.39 is 10.0 Å². The van der Waals surface area contributed by atoms with Crippen molar-refractivity contribution in [2.75, 3.05) is 39.3 Å². The van der Waals surface area contributed by atoms with E-state index in [1.54, 1.807) is 22.5 Å². The number of piperazine rings is 1. The fourth-order valence-corrected chi connectivity index (χ4v) is 5.65. The Balaban J connectivity index is 1.46. The number of hydrogen-bond acceptors (Lipinski definition) is 4. The van der Waals surface area contributed by atoms with Crippen LogP contribution in [0.1, 0.15) is 34.3 Å². The van der Waals surface area contributed by atoms with Gasteiger partial charge in [0, 0.05) is 51.4 Å². The molecule has 2 saturated heterocycles. The van der Waals surface area contributed by atoms with Gasteiger partial charge in [-0.3, -0.25) is 9.69 Å². The third-order valence-corrected chi connectivity index (χ3v) is 7.95. The summed E-state index contributed by atoms with van der Waals surface area (Å²) in [5, 5.41) is 0. The molecule has 0 atom stereocenters. The van der Waals surface area contributed by atoms with E-state index in [1.165, 1.54) is 5.56 Å². The van der Waals surface area contributed by atoms with Gasteiger partial charge in [-0.15, -0.1) is 0 Å². The highest BCUT2D eigenvalue weighted by atomic mass is 32.2. The Morgan fingerprint density at radius 3 is 2.23 bits per heavy atom. The maximum absolute atomic E-state index is 13.2. The number of carbonyl (C=O) groups is 1. The summed E-state index contributed by atoms with van der Waals surface area (Å²) in [5.41, 5.74) is 2.55. The van der Waals surface area contributed by atoms with Gasteiger partial charge >= 0.3 is 0 Å². The second kappa shape index (κ2) is 8.88. The van der Waals surface area contributed by atoms with Gasteiger partial charge in [0.2, 0.25) is 10.0 Å². The lowest BCUT2D eigenvalue weighted by molar-refractivity contribution is 0.0792. The molecule has 0 N–H and O–H groups in total. The van der Waals surface area contributed by atoms with E-state index in [2.05, 4.69) is 17.0 Å². The van der Waals surface area contributed by atoms with Gasteiger partial charge in [-0.2, -0.15) is 4.31 Å². The van der Waals surface area contributed by atoms with Crippen LogP contribution in [-0.4, -0.2) is 67.7 Å². The minimum atomic E-state index is -3.62. The van der Waals surface area contributed by atoms with E-state index in [0.29, 0.717) is 31.7 Å². The Labute approximate surface area is 179 Å². The van der Waals surface area contributed by atoms with Crippen molar-refractivity contribution in [3.63, 3.8) is 0 Å². The average molecular weight is 428 g/mol. The van der Waals surface area contributed by atoms with Crippen LogP contribution in [0.4, 0.5) is 0 Å². The van der Waals surface area contributed by atoms with Gasteiger partial charge in [0.15, 0.2) is 0 Å². The monoisotopic (exact) mass is 427 g/mol. The summed E-state index contributed by atoms with van der Waals surface area (Å²) in [6.07, 6.45) is 2.02. The lowest BCUT2D eigenvalue weighted by Crippen LogP contribution is -2.48. The van der Waals surface area contributed by atoms with Crippen molar-refractivity contribution < 1.29 is 13.2 Å². The van der Waals surface area contributed by atoms with E-state index in [0.717, 1.165) is 38.0 Å². The van der Waals surface area contributed by atoms with Gasteiger partial charge in [0.25, 0.3) is 5.91 Å². The largest absolute Gasteiger partial charge is 0.339 e. The van der Waals surface area contributed by atoms with Crippen molar-refractivity contribution in [3.05, 3.63) is 65.2 Å². The van der Waals surface area contributed by atoms with Gasteiger partial charge in [-0.25, -0.2) is 8.42 Å². The van der Waals surface area contributed by atoms with Crippen molar-refractivity contribution in [3.8, 4) is 0 Å². The second-order valence-electron chi connectivity index (χ2n) is 8.14. The third-order valence-electron chi connectivity index (χ3n) is 6.05. The van der Waals surface area contributed by atoms with Crippen LogP contribution in [0, 0.1) is 6.92 Å². The highest BCUT2D eigenvalue weighted by molar-refractivity contribution is 7.89. The summed E-state index contributed by atoms with van der Waals surface area (Å²) >= 11 is 0. The average Bonchev–Trinajstić information content (AvgIpc) is 3.29. The molecule has 0 spiro atoms. The first-order valence-corrected chi connectivity index (χ1v) is 12.1. The first-order chi connectivity index (χ1) is 14.4. The Morgan fingerprint density at radius 1 is 0.900 bits per heavy atom. The van der Waals surface area contributed by atoms with Crippen LogP contribution in [-0.2, 0) is 16.6 Å². The Kier molecular flexibility index (Phi) is 6.22. The predicted octanol–water partition coefficient (Wildman–Crippen LogP) is 2.74. The summed E-state index contributed by atoms with van der Waals surface area (Å²) in [5.74, 6) is -0.0604. The van der Waals surface area contributed by atoms with Crippen molar-refractivity contribution in [2.24, 2.45) is 0 Å². The fraction of sp³-hybridized carbons (Fsp3) is 0.435. The minimum Gasteiger partial charge on any atom is -0.339 e. The fourth-order valence-electron chi connectivity index (χ4n) is 4.20. The van der Waals surface area contributed by atoms with E-state index >= 15 is 0 Å². The topological polar surface area (TPSA) is 60.9 Å². The molecule has 2 aromatic rings. The van der Waals surface area contributed by atoms with Crippen LogP contribution in [0.15, 0.2) is 53.4 Å². The maximum atomic E-state index is 13.2. The van der Waals surface area contributed by atoms with Gasteiger partial charge in [-0.05, 0) is 43.0 Å². The Bertz CT molecular complexity index is 994. The molecule has 1 amide bonds. The highest BCUT2D eigenvalue weighted by Gasteiger charge is 2.30. The Morgan fingerprint density at radius 2 is 1.57 bits per heavy atom. The standard InChI is InChI=1S/C23H29N3O3S/c1-19-9-10-21(17-22(19)23(27)25-11-5-6-12-25)30(28,29)26-15-13-24(14-16-26)18-20-7-3-2-4-8-20/h2-4,7-10,17H,5-6,11-16,18H2,1H3. The number of rotatable bonds is 5. The number of nitrogens with zero attached hydrogens (tertiary/aromatic N) is 3. The quantitative estimate of drug-likeness (QED) is 0.736. The van der Waals surface area contributed by atoms with Crippen LogP contribution in [0.3, 0.4) is 0 Å². The van der Waals surface area contributed by atoms with Crippen LogP contribution < -0.4 is 0 Å². The van der Waals surface area contributed by atoms with Crippen molar-refractivity contribution in [1.29, 1.82) is 0 Å². The molecule has 0 aromatic heterocycles.